The van der Waals surface area contributed by atoms with E-state index in [4.69, 9.17) is 0 Å². The molecule has 0 spiro atoms. The summed E-state index contributed by atoms with van der Waals surface area (Å²) in [6, 6.07) is 23.4. The molecule has 3 rings (SSSR count). The molecule has 0 aromatic heterocycles. The van der Waals surface area contributed by atoms with Crippen molar-refractivity contribution >= 4 is 18.8 Å². The van der Waals surface area contributed by atoms with E-state index in [0.29, 0.717) is 0 Å². The van der Waals surface area contributed by atoms with Gasteiger partial charge in [-0.15, -0.1) is 19.7 Å². The van der Waals surface area contributed by atoms with Crippen LogP contribution in [0.2, 0.25) is 19.6 Å². The van der Waals surface area contributed by atoms with Gasteiger partial charge in [-0.3, -0.25) is 0 Å². The molecule has 21 heavy (non-hydrogen) atoms. The first-order valence-corrected chi connectivity index (χ1v) is 10.7. The van der Waals surface area contributed by atoms with Crippen LogP contribution in [0.25, 0.3) is 21.9 Å². The van der Waals surface area contributed by atoms with Crippen molar-refractivity contribution in [2.75, 3.05) is 0 Å². The molecular weight excluding hydrogens is 451 g/mol. The van der Waals surface area contributed by atoms with E-state index in [0.717, 1.165) is 0 Å². The van der Waals surface area contributed by atoms with E-state index in [-0.39, 0.29) is 21.1 Å². The molecule has 0 aliphatic carbocycles. The summed E-state index contributed by atoms with van der Waals surface area (Å²) in [5, 5.41) is 2.63. The van der Waals surface area contributed by atoms with Crippen molar-refractivity contribution in [1.82, 2.24) is 0 Å². The Hall–Kier alpha value is -1.04. The topological polar surface area (TPSA) is 0 Å². The number of benzene rings is 2. The predicted octanol–water partition coefficient (Wildman–Crippen LogP) is 5.92. The summed E-state index contributed by atoms with van der Waals surface area (Å²) < 4.78 is 0. The van der Waals surface area contributed by atoms with Gasteiger partial charge in [0.2, 0.25) is 0 Å². The van der Waals surface area contributed by atoms with Gasteiger partial charge in [0.1, 0.15) is 0 Å². The van der Waals surface area contributed by atoms with Crippen molar-refractivity contribution in [3.8, 4) is 11.1 Å². The third-order valence-corrected chi connectivity index (χ3v) is 2.76. The monoisotopic (exact) mass is 473 g/mol. The van der Waals surface area contributed by atoms with Gasteiger partial charge in [-0.25, -0.2) is 0 Å². The quantitative estimate of drug-likeness (QED) is 0.304. The largest absolute Gasteiger partial charge is 2.00 e. The molecule has 0 aliphatic rings. The van der Waals surface area contributed by atoms with Crippen LogP contribution in [-0.2, 0) is 21.1 Å². The van der Waals surface area contributed by atoms with Gasteiger partial charge in [-0.2, -0.15) is 18.2 Å². The number of rotatable bonds is 1. The molecule has 0 aliphatic heterocycles. The van der Waals surface area contributed by atoms with Crippen molar-refractivity contribution in [2.24, 2.45) is 0 Å². The molecule has 0 amide bonds. The first-order chi connectivity index (χ1) is 9.45. The average molecular weight is 474 g/mol. The zero-order chi connectivity index (χ0) is 14.6. The van der Waals surface area contributed by atoms with E-state index in [1.165, 1.54) is 21.9 Å². The first-order valence-electron chi connectivity index (χ1n) is 7.00. The predicted molar refractivity (Wildman–Crippen MR) is 93.7 cm³/mol. The van der Waals surface area contributed by atoms with Gasteiger partial charge in [-0.05, 0) is 5.39 Å². The zero-order valence-corrected chi connectivity index (χ0v) is 16.1. The molecule has 3 aromatic rings. The van der Waals surface area contributed by atoms with Crippen LogP contribution in [0.5, 0.6) is 0 Å². The molecule has 0 atom stereocenters. The Morgan fingerprint density at radius 3 is 2.10 bits per heavy atom. The molecule has 0 saturated heterocycles. The minimum Gasteiger partial charge on any atom is -0.342 e. The van der Waals surface area contributed by atoms with E-state index >= 15 is 0 Å². The van der Waals surface area contributed by atoms with Gasteiger partial charge in [0, 0.05) is 0 Å². The molecule has 0 saturated carbocycles. The number of hydrogen-bond acceptors (Lipinski definition) is 0. The molecule has 112 valence electrons. The second-order valence-electron chi connectivity index (χ2n) is 6.26. The summed E-state index contributed by atoms with van der Waals surface area (Å²) in [6.07, 6.45) is 0. The van der Waals surface area contributed by atoms with Gasteiger partial charge < -0.3 is 6.55 Å². The standard InChI is InChI=1S/C15H11.C4H11Si.Pt/c1-2-7-12(6-1)15-11-5-9-13-8-3-4-10-14(13)15;1-5(2,3)4;/h1-11H;1H2,2-4H3;/q2*-1;+2. The molecule has 0 radical (unpaired) electrons. The maximum Gasteiger partial charge on any atom is 2.00 e. The van der Waals surface area contributed by atoms with Crippen LogP contribution in [0.4, 0.5) is 0 Å². The SMILES string of the molecule is [CH2-][Si](C)(C)C.[Pt+2].c1c[cH-]c(-c2cccc3ccccc23)c1. The minimum atomic E-state index is -0.861. The summed E-state index contributed by atoms with van der Waals surface area (Å²) in [4.78, 5) is 0. The Kier molecular flexibility index (Phi) is 6.70. The van der Waals surface area contributed by atoms with E-state index in [1.807, 2.05) is 0 Å². The van der Waals surface area contributed by atoms with E-state index < -0.39 is 8.07 Å². The fourth-order valence-electron chi connectivity index (χ4n) is 2.03. The average Bonchev–Trinajstić information content (AvgIpc) is 2.90. The molecule has 3 aromatic carbocycles. The molecule has 0 nitrogen and oxygen atoms in total. The van der Waals surface area contributed by atoms with Gasteiger partial charge in [0.25, 0.3) is 0 Å². The smallest absolute Gasteiger partial charge is 0.342 e. The van der Waals surface area contributed by atoms with Crippen LogP contribution < -0.4 is 0 Å². The zero-order valence-electron chi connectivity index (χ0n) is 12.9. The van der Waals surface area contributed by atoms with E-state index in [9.17, 15) is 0 Å². The van der Waals surface area contributed by atoms with Crippen LogP contribution in [-0.4, -0.2) is 8.07 Å². The van der Waals surface area contributed by atoms with Crippen LogP contribution in [0, 0.1) is 6.55 Å². The second kappa shape index (κ2) is 7.82. The third kappa shape index (κ3) is 5.69. The normalized spacial score (nSPS) is 10.5. The van der Waals surface area contributed by atoms with Crippen molar-refractivity contribution in [1.29, 1.82) is 0 Å². The summed E-state index contributed by atoms with van der Waals surface area (Å²) >= 11 is 0. The Morgan fingerprint density at radius 1 is 0.857 bits per heavy atom. The van der Waals surface area contributed by atoms with Gasteiger partial charge in [0.05, 0.1) is 0 Å². The maximum atomic E-state index is 3.91. The minimum absolute atomic E-state index is 0. The fraction of sp³-hybridized carbons (Fsp3) is 0.158. The van der Waals surface area contributed by atoms with Crippen LogP contribution in [0.3, 0.4) is 0 Å². The molecule has 0 heterocycles. The van der Waals surface area contributed by atoms with E-state index in [2.05, 4.69) is 92.9 Å². The molecule has 0 unspecified atom stereocenters. The molecule has 0 N–H and O–H groups in total. The number of hydrogen-bond donors (Lipinski definition) is 0. The van der Waals surface area contributed by atoms with Crippen molar-refractivity contribution < 1.29 is 21.1 Å². The first kappa shape index (κ1) is 18.0. The second-order valence-corrected chi connectivity index (χ2v) is 11.4. The number of fused-ring (bicyclic) bond motifs is 1. The van der Waals surface area contributed by atoms with Crippen LogP contribution in [0.15, 0.2) is 66.7 Å². The molecular formula is C19H22PtSi. The molecule has 2 heteroatoms. The van der Waals surface area contributed by atoms with Crippen LogP contribution in [0.1, 0.15) is 0 Å². The Bertz CT molecular complexity index is 652. The Labute approximate surface area is 143 Å². The molecule has 0 fully saturated rings. The van der Waals surface area contributed by atoms with Crippen molar-refractivity contribution in [3.05, 3.63) is 73.3 Å². The molecule has 0 bridgehead atoms. The summed E-state index contributed by atoms with van der Waals surface area (Å²) in [7, 11) is -0.861. The van der Waals surface area contributed by atoms with Gasteiger partial charge in [-0.1, -0.05) is 73.1 Å². The Balaban J connectivity index is 0.000000324. The van der Waals surface area contributed by atoms with Crippen molar-refractivity contribution in [2.45, 2.75) is 19.6 Å². The van der Waals surface area contributed by atoms with Crippen molar-refractivity contribution in [3.63, 3.8) is 0 Å². The third-order valence-electron chi connectivity index (χ3n) is 2.76. The Morgan fingerprint density at radius 2 is 1.48 bits per heavy atom. The summed E-state index contributed by atoms with van der Waals surface area (Å²) in [5.74, 6) is 0. The van der Waals surface area contributed by atoms with Gasteiger partial charge in [0.15, 0.2) is 0 Å². The summed E-state index contributed by atoms with van der Waals surface area (Å²) in [5.41, 5.74) is 2.62. The van der Waals surface area contributed by atoms with Crippen LogP contribution >= 0.6 is 0 Å². The summed E-state index contributed by atoms with van der Waals surface area (Å²) in [6.45, 7) is 10.6. The van der Waals surface area contributed by atoms with E-state index in [1.54, 1.807) is 0 Å². The maximum absolute atomic E-state index is 3.91. The fourth-order valence-corrected chi connectivity index (χ4v) is 2.03. The van der Waals surface area contributed by atoms with Gasteiger partial charge >= 0.3 is 21.1 Å².